The molecule has 2 aromatic heterocycles. The maximum absolute atomic E-state index is 13.2. The van der Waals surface area contributed by atoms with Gasteiger partial charge in [0.05, 0.1) is 12.1 Å². The van der Waals surface area contributed by atoms with Crippen molar-refractivity contribution in [2.24, 2.45) is 0 Å². The van der Waals surface area contributed by atoms with Crippen molar-refractivity contribution in [3.05, 3.63) is 104 Å². The van der Waals surface area contributed by atoms with Crippen molar-refractivity contribution in [2.75, 3.05) is 5.32 Å². The van der Waals surface area contributed by atoms with Crippen molar-refractivity contribution in [3.8, 4) is 0 Å². The minimum atomic E-state index is -0.652. The topological polar surface area (TPSA) is 86.0 Å². The van der Waals surface area contributed by atoms with Crippen LogP contribution in [-0.4, -0.2) is 20.0 Å². The lowest BCUT2D eigenvalue weighted by Gasteiger charge is -2.14. The molecule has 2 aromatic carbocycles. The van der Waals surface area contributed by atoms with Crippen LogP contribution in [0.3, 0.4) is 0 Å². The normalized spacial score (nSPS) is 10.9. The van der Waals surface area contributed by atoms with E-state index in [1.807, 2.05) is 0 Å². The second-order valence-corrected chi connectivity index (χ2v) is 7.73. The SMILES string of the molecule is O=C(Cn1c(=O)n(Cc2ccc(F)cc2)c(=O)c2ncccc21)Nc1ccc(Br)cc1. The van der Waals surface area contributed by atoms with Gasteiger partial charge in [-0.3, -0.25) is 18.7 Å². The molecule has 0 radical (unpaired) electrons. The first-order valence-electron chi connectivity index (χ1n) is 9.30. The highest BCUT2D eigenvalue weighted by molar-refractivity contribution is 9.10. The van der Waals surface area contributed by atoms with E-state index in [1.54, 1.807) is 36.4 Å². The number of nitrogens with zero attached hydrogens (tertiary/aromatic N) is 3. The second kappa shape index (κ2) is 8.65. The molecule has 9 heteroatoms. The summed E-state index contributed by atoms with van der Waals surface area (Å²) in [7, 11) is 0. The van der Waals surface area contributed by atoms with Crippen molar-refractivity contribution >= 4 is 38.6 Å². The van der Waals surface area contributed by atoms with Gasteiger partial charge in [-0.1, -0.05) is 28.1 Å². The van der Waals surface area contributed by atoms with Gasteiger partial charge in [0.25, 0.3) is 5.56 Å². The molecule has 1 N–H and O–H groups in total. The first-order valence-corrected chi connectivity index (χ1v) is 10.1. The first-order chi connectivity index (χ1) is 14.9. The van der Waals surface area contributed by atoms with Crippen LogP contribution in [0.1, 0.15) is 5.56 Å². The third kappa shape index (κ3) is 4.46. The average molecular weight is 483 g/mol. The molecule has 0 saturated heterocycles. The fourth-order valence-corrected chi connectivity index (χ4v) is 3.45. The summed E-state index contributed by atoms with van der Waals surface area (Å²) in [5, 5.41) is 2.73. The number of aromatic nitrogens is 3. The van der Waals surface area contributed by atoms with Crippen LogP contribution in [0.25, 0.3) is 11.0 Å². The van der Waals surface area contributed by atoms with Crippen molar-refractivity contribution in [1.29, 1.82) is 0 Å². The number of hydrogen-bond donors (Lipinski definition) is 1. The van der Waals surface area contributed by atoms with Gasteiger partial charge in [0.15, 0.2) is 5.52 Å². The van der Waals surface area contributed by atoms with Crippen LogP contribution in [-0.2, 0) is 17.9 Å². The standard InChI is InChI=1S/C22H16BrFN4O3/c23-15-5-9-17(10-6-15)26-19(29)13-27-18-2-1-11-25-20(18)21(30)28(22(27)31)12-14-3-7-16(24)8-4-14/h1-11H,12-13H2,(H,26,29). The van der Waals surface area contributed by atoms with E-state index in [2.05, 4.69) is 26.2 Å². The molecule has 7 nitrogen and oxygen atoms in total. The van der Waals surface area contributed by atoms with E-state index >= 15 is 0 Å². The Bertz CT molecular complexity index is 1380. The van der Waals surface area contributed by atoms with Crippen molar-refractivity contribution in [1.82, 2.24) is 14.1 Å². The van der Waals surface area contributed by atoms with Gasteiger partial charge in [-0.25, -0.2) is 14.2 Å². The molecule has 1 amide bonds. The van der Waals surface area contributed by atoms with E-state index < -0.39 is 23.0 Å². The highest BCUT2D eigenvalue weighted by Crippen LogP contribution is 2.14. The molecule has 0 atom stereocenters. The van der Waals surface area contributed by atoms with Crippen LogP contribution in [0.15, 0.2) is 80.9 Å². The summed E-state index contributed by atoms with van der Waals surface area (Å²) >= 11 is 3.33. The molecule has 0 aliphatic carbocycles. The van der Waals surface area contributed by atoms with Crippen LogP contribution in [0, 0.1) is 5.82 Å². The molecule has 31 heavy (non-hydrogen) atoms. The Hall–Kier alpha value is -3.59. The summed E-state index contributed by atoms with van der Waals surface area (Å²) < 4.78 is 16.3. The summed E-state index contributed by atoms with van der Waals surface area (Å²) in [6.45, 7) is -0.375. The number of halogens is 2. The molecule has 0 spiro atoms. The van der Waals surface area contributed by atoms with Gasteiger partial charge in [0, 0.05) is 16.4 Å². The third-order valence-corrected chi connectivity index (χ3v) is 5.20. The summed E-state index contributed by atoms with van der Waals surface area (Å²) in [5.41, 5.74) is 0.250. The molecule has 0 aliphatic rings. The highest BCUT2D eigenvalue weighted by atomic mass is 79.9. The smallest absolute Gasteiger partial charge is 0.325 e. The van der Waals surface area contributed by atoms with E-state index in [9.17, 15) is 18.8 Å². The molecule has 4 rings (SSSR count). The number of carbonyl (C=O) groups is 1. The number of benzene rings is 2. The van der Waals surface area contributed by atoms with Gasteiger partial charge in [0.2, 0.25) is 5.91 Å². The van der Waals surface area contributed by atoms with Gasteiger partial charge in [0.1, 0.15) is 12.4 Å². The van der Waals surface area contributed by atoms with Gasteiger partial charge in [-0.15, -0.1) is 0 Å². The van der Waals surface area contributed by atoms with E-state index in [1.165, 1.54) is 35.0 Å². The average Bonchev–Trinajstić information content (AvgIpc) is 2.77. The largest absolute Gasteiger partial charge is 0.332 e. The molecular formula is C22H16BrFN4O3. The molecule has 0 bridgehead atoms. The number of carbonyl (C=O) groups excluding carboxylic acids is 1. The zero-order valence-corrected chi connectivity index (χ0v) is 17.7. The highest BCUT2D eigenvalue weighted by Gasteiger charge is 2.16. The minimum absolute atomic E-state index is 0.0700. The lowest BCUT2D eigenvalue weighted by molar-refractivity contribution is -0.116. The first kappa shape index (κ1) is 20.7. The number of fused-ring (bicyclic) bond motifs is 1. The Morgan fingerprint density at radius 1 is 1.00 bits per heavy atom. The summed E-state index contributed by atoms with van der Waals surface area (Å²) in [6, 6.07) is 15.7. The molecule has 2 heterocycles. The molecule has 0 aliphatic heterocycles. The zero-order valence-electron chi connectivity index (χ0n) is 16.1. The van der Waals surface area contributed by atoms with Crippen molar-refractivity contribution in [3.63, 3.8) is 0 Å². The van der Waals surface area contributed by atoms with Crippen molar-refractivity contribution in [2.45, 2.75) is 13.1 Å². The fourth-order valence-electron chi connectivity index (χ4n) is 3.18. The number of hydrogen-bond acceptors (Lipinski definition) is 4. The number of rotatable bonds is 5. The lowest BCUT2D eigenvalue weighted by atomic mass is 10.2. The number of nitrogens with one attached hydrogen (secondary N) is 1. The van der Waals surface area contributed by atoms with Gasteiger partial charge >= 0.3 is 5.69 Å². The third-order valence-electron chi connectivity index (χ3n) is 4.67. The predicted octanol–water partition coefficient (Wildman–Crippen LogP) is 3.15. The molecule has 4 aromatic rings. The second-order valence-electron chi connectivity index (χ2n) is 6.81. The molecule has 156 valence electrons. The van der Waals surface area contributed by atoms with Crippen LogP contribution in [0.4, 0.5) is 10.1 Å². The van der Waals surface area contributed by atoms with Crippen molar-refractivity contribution < 1.29 is 9.18 Å². The molecule has 0 fully saturated rings. The quantitative estimate of drug-likeness (QED) is 0.473. The summed E-state index contributed by atoms with van der Waals surface area (Å²) in [6.07, 6.45) is 1.45. The maximum Gasteiger partial charge on any atom is 0.332 e. The summed E-state index contributed by atoms with van der Waals surface area (Å²) in [5.74, 6) is -0.847. The minimum Gasteiger partial charge on any atom is -0.325 e. The van der Waals surface area contributed by atoms with Crippen LogP contribution in [0.5, 0.6) is 0 Å². The van der Waals surface area contributed by atoms with Crippen LogP contribution < -0.4 is 16.6 Å². The predicted molar refractivity (Wildman–Crippen MR) is 119 cm³/mol. The summed E-state index contributed by atoms with van der Waals surface area (Å²) in [4.78, 5) is 42.8. The zero-order chi connectivity index (χ0) is 22.0. The fraction of sp³-hybridized carbons (Fsp3) is 0.0909. The Balaban J connectivity index is 1.74. The van der Waals surface area contributed by atoms with Crippen LogP contribution >= 0.6 is 15.9 Å². The van der Waals surface area contributed by atoms with E-state index in [4.69, 9.17) is 0 Å². The number of pyridine rings is 1. The van der Waals surface area contributed by atoms with Crippen LogP contribution in [0.2, 0.25) is 0 Å². The monoisotopic (exact) mass is 482 g/mol. The number of amides is 1. The molecule has 0 saturated carbocycles. The van der Waals surface area contributed by atoms with E-state index in [0.29, 0.717) is 11.3 Å². The van der Waals surface area contributed by atoms with E-state index in [0.717, 1.165) is 9.04 Å². The Morgan fingerprint density at radius 2 is 1.71 bits per heavy atom. The number of anilines is 1. The molecule has 0 unspecified atom stereocenters. The Kier molecular flexibility index (Phi) is 5.77. The Morgan fingerprint density at radius 3 is 2.42 bits per heavy atom. The van der Waals surface area contributed by atoms with Gasteiger partial charge in [-0.2, -0.15) is 0 Å². The molecular weight excluding hydrogens is 467 g/mol. The van der Waals surface area contributed by atoms with Gasteiger partial charge < -0.3 is 5.32 Å². The lowest BCUT2D eigenvalue weighted by Crippen LogP contribution is -2.42. The Labute approximate surface area is 183 Å². The van der Waals surface area contributed by atoms with E-state index in [-0.39, 0.29) is 24.1 Å². The maximum atomic E-state index is 13.2. The van der Waals surface area contributed by atoms with Gasteiger partial charge in [-0.05, 0) is 54.1 Å².